The number of ether oxygens (including phenoxy) is 2. The summed E-state index contributed by atoms with van der Waals surface area (Å²) >= 11 is 5.85. The Morgan fingerprint density at radius 1 is 1.21 bits per heavy atom. The second kappa shape index (κ2) is 9.10. The highest BCUT2D eigenvalue weighted by molar-refractivity contribution is 6.30. The van der Waals surface area contributed by atoms with E-state index in [0.29, 0.717) is 34.1 Å². The third-order valence-corrected chi connectivity index (χ3v) is 4.01. The zero-order valence-electron chi connectivity index (χ0n) is 16.8. The lowest BCUT2D eigenvalue weighted by molar-refractivity contribution is 0.00622. The van der Waals surface area contributed by atoms with Crippen LogP contribution in [0.3, 0.4) is 0 Å². The molecule has 7 nitrogen and oxygen atoms in total. The number of aromatic nitrogens is 2. The van der Waals surface area contributed by atoms with Crippen LogP contribution in [0.4, 0.5) is 5.82 Å². The van der Waals surface area contributed by atoms with Crippen LogP contribution in [0.2, 0.25) is 5.02 Å². The van der Waals surface area contributed by atoms with Crippen LogP contribution in [-0.2, 0) is 22.4 Å². The van der Waals surface area contributed by atoms with Gasteiger partial charge in [-0.2, -0.15) is 0 Å². The van der Waals surface area contributed by atoms with Crippen molar-refractivity contribution in [3.05, 3.63) is 45.9 Å². The van der Waals surface area contributed by atoms with Gasteiger partial charge in [0.05, 0.1) is 23.7 Å². The Hall–Kier alpha value is -2.54. The minimum Gasteiger partial charge on any atom is -0.462 e. The Morgan fingerprint density at radius 2 is 1.93 bits per heavy atom. The SMILES string of the molecule is CCOC(=O)c1c(CNc2ccc(Cl)cn2)[nH]c(C(=O)OC(C)(C)C)c1CC. The van der Waals surface area contributed by atoms with Gasteiger partial charge in [0.2, 0.25) is 0 Å². The fourth-order valence-electron chi connectivity index (χ4n) is 2.69. The summed E-state index contributed by atoms with van der Waals surface area (Å²) in [5.74, 6) is -0.400. The number of aromatic amines is 1. The van der Waals surface area contributed by atoms with E-state index in [1.54, 1.807) is 39.8 Å². The van der Waals surface area contributed by atoms with Crippen molar-refractivity contribution < 1.29 is 19.1 Å². The second-order valence-electron chi connectivity index (χ2n) is 7.12. The molecule has 2 rings (SSSR count). The first-order chi connectivity index (χ1) is 13.2. The lowest BCUT2D eigenvalue weighted by Crippen LogP contribution is -2.24. The van der Waals surface area contributed by atoms with Gasteiger partial charge in [-0.3, -0.25) is 0 Å². The Kier molecular flexibility index (Phi) is 7.07. The van der Waals surface area contributed by atoms with Crippen molar-refractivity contribution >= 4 is 29.4 Å². The maximum Gasteiger partial charge on any atom is 0.355 e. The van der Waals surface area contributed by atoms with Gasteiger partial charge >= 0.3 is 11.9 Å². The molecule has 0 bridgehead atoms. The van der Waals surface area contributed by atoms with Gasteiger partial charge in [-0.05, 0) is 51.8 Å². The zero-order chi connectivity index (χ0) is 20.9. The third kappa shape index (κ3) is 5.48. The number of hydrogen-bond donors (Lipinski definition) is 2. The predicted octanol–water partition coefficient (Wildman–Crippen LogP) is 4.37. The number of carbonyl (C=O) groups is 2. The molecule has 0 atom stereocenters. The molecule has 0 aliphatic carbocycles. The van der Waals surface area contributed by atoms with Crippen LogP contribution in [0, 0.1) is 0 Å². The first kappa shape index (κ1) is 21.8. The van der Waals surface area contributed by atoms with E-state index in [4.69, 9.17) is 21.1 Å². The van der Waals surface area contributed by atoms with E-state index in [2.05, 4.69) is 15.3 Å². The van der Waals surface area contributed by atoms with Crippen molar-refractivity contribution in [1.29, 1.82) is 0 Å². The minimum absolute atomic E-state index is 0.237. The molecule has 0 aliphatic heterocycles. The molecule has 0 saturated carbocycles. The molecule has 8 heteroatoms. The topological polar surface area (TPSA) is 93.3 Å². The van der Waals surface area contributed by atoms with E-state index >= 15 is 0 Å². The Balaban J connectivity index is 2.39. The van der Waals surface area contributed by atoms with Crippen molar-refractivity contribution in [2.75, 3.05) is 11.9 Å². The molecule has 0 fully saturated rings. The highest BCUT2D eigenvalue weighted by atomic mass is 35.5. The quantitative estimate of drug-likeness (QED) is 0.662. The predicted molar refractivity (Wildman–Crippen MR) is 108 cm³/mol. The van der Waals surface area contributed by atoms with Gasteiger partial charge in [0.25, 0.3) is 0 Å². The Bertz CT molecular complexity index is 838. The lowest BCUT2D eigenvalue weighted by Gasteiger charge is -2.19. The molecule has 0 aliphatic rings. The minimum atomic E-state index is -0.650. The molecular weight excluding hydrogens is 382 g/mol. The number of anilines is 1. The van der Waals surface area contributed by atoms with Gasteiger partial charge in [-0.25, -0.2) is 14.6 Å². The lowest BCUT2D eigenvalue weighted by atomic mass is 10.1. The summed E-state index contributed by atoms with van der Waals surface area (Å²) < 4.78 is 10.7. The normalized spacial score (nSPS) is 11.2. The van der Waals surface area contributed by atoms with Gasteiger partial charge in [0.15, 0.2) is 0 Å². The van der Waals surface area contributed by atoms with E-state index in [9.17, 15) is 9.59 Å². The average Bonchev–Trinajstić information content (AvgIpc) is 2.99. The standard InChI is InChI=1S/C20H26ClN3O4/c1-6-13-16(18(25)27-7-2)14(11-23-15-9-8-12(21)10-22-15)24-17(13)19(26)28-20(3,4)5/h8-10,24H,6-7,11H2,1-5H3,(H,22,23). The fourth-order valence-corrected chi connectivity index (χ4v) is 2.81. The van der Waals surface area contributed by atoms with Crippen LogP contribution in [0.15, 0.2) is 18.3 Å². The van der Waals surface area contributed by atoms with E-state index in [1.165, 1.54) is 6.20 Å². The van der Waals surface area contributed by atoms with Crippen molar-refractivity contribution in [2.24, 2.45) is 0 Å². The van der Waals surface area contributed by atoms with Crippen LogP contribution < -0.4 is 5.32 Å². The highest BCUT2D eigenvalue weighted by Crippen LogP contribution is 2.25. The Morgan fingerprint density at radius 3 is 2.46 bits per heavy atom. The monoisotopic (exact) mass is 407 g/mol. The second-order valence-corrected chi connectivity index (χ2v) is 7.56. The van der Waals surface area contributed by atoms with Crippen LogP contribution in [-0.4, -0.2) is 34.1 Å². The first-order valence-corrected chi connectivity index (χ1v) is 9.53. The number of nitrogens with one attached hydrogen (secondary N) is 2. The summed E-state index contributed by atoms with van der Waals surface area (Å²) in [6.07, 6.45) is 1.99. The molecule has 0 radical (unpaired) electrons. The smallest absolute Gasteiger partial charge is 0.355 e. The van der Waals surface area contributed by atoms with Crippen LogP contribution in [0.1, 0.15) is 66.7 Å². The summed E-state index contributed by atoms with van der Waals surface area (Å²) in [7, 11) is 0. The fraction of sp³-hybridized carbons (Fsp3) is 0.450. The molecule has 2 N–H and O–H groups in total. The molecule has 0 spiro atoms. The molecular formula is C20H26ClN3O4. The van der Waals surface area contributed by atoms with Gasteiger partial charge in [0.1, 0.15) is 17.1 Å². The number of halogens is 1. The molecule has 152 valence electrons. The van der Waals surface area contributed by atoms with E-state index in [1.807, 2.05) is 6.92 Å². The van der Waals surface area contributed by atoms with Crippen LogP contribution in [0.5, 0.6) is 0 Å². The number of rotatable bonds is 7. The number of carbonyl (C=O) groups excluding carboxylic acids is 2. The van der Waals surface area contributed by atoms with Gasteiger partial charge < -0.3 is 19.8 Å². The maximum atomic E-state index is 12.6. The largest absolute Gasteiger partial charge is 0.462 e. The van der Waals surface area contributed by atoms with Crippen molar-refractivity contribution in [3.63, 3.8) is 0 Å². The molecule has 0 aromatic carbocycles. The van der Waals surface area contributed by atoms with Crippen molar-refractivity contribution in [1.82, 2.24) is 9.97 Å². The van der Waals surface area contributed by atoms with Gasteiger partial charge in [-0.1, -0.05) is 18.5 Å². The van der Waals surface area contributed by atoms with Crippen LogP contribution >= 0.6 is 11.6 Å². The summed E-state index contributed by atoms with van der Waals surface area (Å²) in [5, 5.41) is 3.64. The maximum absolute atomic E-state index is 12.6. The molecule has 28 heavy (non-hydrogen) atoms. The number of esters is 2. The third-order valence-electron chi connectivity index (χ3n) is 3.79. The van der Waals surface area contributed by atoms with Gasteiger partial charge in [-0.15, -0.1) is 0 Å². The number of hydrogen-bond acceptors (Lipinski definition) is 6. The zero-order valence-corrected chi connectivity index (χ0v) is 17.6. The van der Waals surface area contributed by atoms with E-state index in [0.717, 1.165) is 0 Å². The van der Waals surface area contributed by atoms with Gasteiger partial charge in [0, 0.05) is 11.9 Å². The van der Waals surface area contributed by atoms with Crippen molar-refractivity contribution in [3.8, 4) is 0 Å². The summed E-state index contributed by atoms with van der Waals surface area (Å²) in [4.78, 5) is 32.4. The average molecular weight is 408 g/mol. The number of nitrogens with zero attached hydrogens (tertiary/aromatic N) is 1. The molecule has 2 aromatic heterocycles. The summed E-state index contributed by atoms with van der Waals surface area (Å²) in [5.41, 5.74) is 1.08. The molecule has 2 aromatic rings. The Labute approximate surface area is 169 Å². The summed E-state index contributed by atoms with van der Waals surface area (Å²) in [6, 6.07) is 3.44. The molecule has 0 saturated heterocycles. The van der Waals surface area contributed by atoms with E-state index in [-0.39, 0.29) is 18.8 Å². The number of H-pyrrole nitrogens is 1. The van der Waals surface area contributed by atoms with Crippen LogP contribution in [0.25, 0.3) is 0 Å². The summed E-state index contributed by atoms with van der Waals surface area (Å²) in [6.45, 7) is 9.47. The number of pyridine rings is 1. The highest BCUT2D eigenvalue weighted by Gasteiger charge is 2.29. The molecule has 2 heterocycles. The van der Waals surface area contributed by atoms with E-state index < -0.39 is 17.5 Å². The molecule has 0 amide bonds. The first-order valence-electron chi connectivity index (χ1n) is 9.15. The van der Waals surface area contributed by atoms with Crippen molar-refractivity contribution in [2.45, 2.75) is 53.2 Å². The molecule has 0 unspecified atom stereocenters.